The van der Waals surface area contributed by atoms with E-state index < -0.39 is 0 Å². The van der Waals surface area contributed by atoms with Gasteiger partial charge in [0.2, 0.25) is 0 Å². The summed E-state index contributed by atoms with van der Waals surface area (Å²) in [6.07, 6.45) is 9.42. The smallest absolute Gasteiger partial charge is 0.319 e. The number of anilines is 1. The van der Waals surface area contributed by atoms with E-state index in [4.69, 9.17) is 16.3 Å². The van der Waals surface area contributed by atoms with E-state index in [1.165, 1.54) is 0 Å². The number of nitrogens with zero attached hydrogens (tertiary/aromatic N) is 6. The van der Waals surface area contributed by atoms with Crippen molar-refractivity contribution >= 4 is 49.6 Å². The number of rotatable bonds is 8. The van der Waals surface area contributed by atoms with E-state index in [0.29, 0.717) is 24.1 Å². The maximum absolute atomic E-state index is 6.26. The monoisotopic (exact) mass is 495 g/mol. The molecule has 8 nitrogen and oxygen atoms in total. The lowest BCUT2D eigenvalue weighted by atomic mass is 10.3. The number of ether oxygens (including phenoxy) is 1. The summed E-state index contributed by atoms with van der Waals surface area (Å²) in [5, 5.41) is 7.81. The molecule has 0 saturated heterocycles. The van der Waals surface area contributed by atoms with Crippen LogP contribution in [0.15, 0.2) is 28.6 Å². The van der Waals surface area contributed by atoms with Gasteiger partial charge in [-0.15, -0.1) is 0 Å². The van der Waals surface area contributed by atoms with E-state index in [1.807, 2.05) is 37.0 Å². The molecule has 0 aliphatic rings. The number of thiazole rings is 1. The zero-order chi connectivity index (χ0) is 20.4. The average molecular weight is 497 g/mol. The second-order valence-corrected chi connectivity index (χ2v) is 9.30. The van der Waals surface area contributed by atoms with Gasteiger partial charge >= 0.3 is 6.01 Å². The lowest BCUT2D eigenvalue weighted by molar-refractivity contribution is 0.286. The summed E-state index contributed by atoms with van der Waals surface area (Å²) >= 11 is 11.3. The summed E-state index contributed by atoms with van der Waals surface area (Å²) < 4.78 is 10.6. The summed E-state index contributed by atoms with van der Waals surface area (Å²) in [5.41, 5.74) is 2.87. The Bertz CT molecular complexity index is 1110. The number of aromatic nitrogens is 6. The third-order valence-electron chi connectivity index (χ3n) is 4.27. The van der Waals surface area contributed by atoms with Crippen LogP contribution in [0.5, 0.6) is 6.01 Å². The van der Waals surface area contributed by atoms with E-state index in [2.05, 4.69) is 41.3 Å². The van der Waals surface area contributed by atoms with E-state index in [1.54, 1.807) is 22.2 Å². The van der Waals surface area contributed by atoms with Crippen LogP contribution in [0.1, 0.15) is 23.2 Å². The van der Waals surface area contributed by atoms with Gasteiger partial charge in [0, 0.05) is 43.3 Å². The Labute approximate surface area is 185 Å². The van der Waals surface area contributed by atoms with Crippen molar-refractivity contribution < 1.29 is 4.74 Å². The predicted molar refractivity (Wildman–Crippen MR) is 117 cm³/mol. The molecule has 0 aliphatic heterocycles. The van der Waals surface area contributed by atoms with Crippen LogP contribution in [0.2, 0.25) is 5.15 Å². The maximum Gasteiger partial charge on any atom is 0.319 e. The van der Waals surface area contributed by atoms with E-state index in [9.17, 15) is 0 Å². The average Bonchev–Trinajstić information content (AvgIpc) is 3.34. The Morgan fingerprint density at radius 3 is 2.86 bits per heavy atom. The fourth-order valence-electron chi connectivity index (χ4n) is 2.81. The molecule has 0 bridgehead atoms. The van der Waals surface area contributed by atoms with Gasteiger partial charge in [-0.3, -0.25) is 9.08 Å². The first-order valence-electron chi connectivity index (χ1n) is 8.99. The van der Waals surface area contributed by atoms with Crippen molar-refractivity contribution in [1.29, 1.82) is 0 Å². The van der Waals surface area contributed by atoms with Crippen LogP contribution in [0.3, 0.4) is 0 Å². The number of fused-ring (bicyclic) bond motifs is 1. The zero-order valence-corrected chi connectivity index (χ0v) is 19.1. The molecule has 29 heavy (non-hydrogen) atoms. The van der Waals surface area contributed by atoms with Crippen molar-refractivity contribution in [3.63, 3.8) is 0 Å². The topological polar surface area (TPSA) is 82.2 Å². The van der Waals surface area contributed by atoms with Crippen LogP contribution in [0.4, 0.5) is 5.82 Å². The predicted octanol–water partition coefficient (Wildman–Crippen LogP) is 4.27. The molecule has 1 N–H and O–H groups in total. The van der Waals surface area contributed by atoms with Crippen molar-refractivity contribution in [2.75, 3.05) is 11.9 Å². The minimum Gasteiger partial charge on any atom is -0.463 e. The van der Waals surface area contributed by atoms with Crippen molar-refractivity contribution in [3.8, 4) is 6.01 Å². The van der Waals surface area contributed by atoms with E-state index in [0.717, 1.165) is 38.4 Å². The molecule has 0 spiro atoms. The summed E-state index contributed by atoms with van der Waals surface area (Å²) in [4.78, 5) is 14.3. The van der Waals surface area contributed by atoms with Crippen LogP contribution in [-0.4, -0.2) is 35.7 Å². The zero-order valence-electron chi connectivity index (χ0n) is 15.9. The highest BCUT2D eigenvalue weighted by atomic mass is 79.9. The van der Waals surface area contributed by atoms with Crippen LogP contribution < -0.4 is 10.1 Å². The molecule has 0 fully saturated rings. The first-order valence-corrected chi connectivity index (χ1v) is 11.0. The molecule has 11 heteroatoms. The number of halogens is 2. The highest BCUT2D eigenvalue weighted by Crippen LogP contribution is 2.24. The Balaban J connectivity index is 1.32. The summed E-state index contributed by atoms with van der Waals surface area (Å²) in [6, 6.07) is 0.268. The summed E-state index contributed by atoms with van der Waals surface area (Å²) in [5.74, 6) is 0.656. The molecule has 0 unspecified atom stereocenters. The van der Waals surface area contributed by atoms with Crippen LogP contribution >= 0.6 is 38.9 Å². The van der Waals surface area contributed by atoms with Crippen molar-refractivity contribution in [3.05, 3.63) is 50.5 Å². The number of hydrogen-bond acceptors (Lipinski definition) is 7. The van der Waals surface area contributed by atoms with Gasteiger partial charge in [-0.05, 0) is 35.7 Å². The van der Waals surface area contributed by atoms with Crippen LogP contribution in [0.25, 0.3) is 4.96 Å². The first-order chi connectivity index (χ1) is 14.0. The Morgan fingerprint density at radius 2 is 2.10 bits per heavy atom. The fourth-order valence-corrected chi connectivity index (χ4v) is 4.34. The second kappa shape index (κ2) is 8.68. The van der Waals surface area contributed by atoms with Gasteiger partial charge in [0.1, 0.15) is 11.0 Å². The van der Waals surface area contributed by atoms with Gasteiger partial charge in [-0.25, -0.2) is 4.98 Å². The normalized spacial score (nSPS) is 11.3. The van der Waals surface area contributed by atoms with Gasteiger partial charge in [0.25, 0.3) is 0 Å². The molecule has 0 amide bonds. The number of hydrogen-bond donors (Lipinski definition) is 1. The minimum absolute atomic E-state index is 0.268. The molecule has 0 aliphatic carbocycles. The molecular weight excluding hydrogens is 478 g/mol. The molecular formula is C18H19BrClN7OS. The fraction of sp³-hybridized carbons (Fsp3) is 0.333. The molecule has 4 heterocycles. The highest BCUT2D eigenvalue weighted by Gasteiger charge is 2.11. The van der Waals surface area contributed by atoms with Crippen molar-refractivity contribution in [1.82, 2.24) is 29.1 Å². The molecule has 152 valence electrons. The Kier molecular flexibility index (Phi) is 6.02. The van der Waals surface area contributed by atoms with Gasteiger partial charge < -0.3 is 10.1 Å². The molecule has 0 radical (unpaired) electrons. The maximum atomic E-state index is 6.26. The largest absolute Gasteiger partial charge is 0.463 e. The second-order valence-electron chi connectivity index (χ2n) is 6.56. The van der Waals surface area contributed by atoms with Gasteiger partial charge in [-0.1, -0.05) is 22.9 Å². The van der Waals surface area contributed by atoms with Gasteiger partial charge in [0.15, 0.2) is 4.96 Å². The molecule has 0 atom stereocenters. The lowest BCUT2D eigenvalue weighted by Crippen LogP contribution is -2.08. The van der Waals surface area contributed by atoms with Crippen molar-refractivity contribution in [2.45, 2.75) is 26.3 Å². The van der Waals surface area contributed by atoms with Gasteiger partial charge in [-0.2, -0.15) is 15.1 Å². The standard InChI is InChI=1S/C18H19BrClN7OS/c1-11-15(20)24-17(25-16(11)21-6-12-7-22-26(2)8-12)28-5-3-4-13-9-27-10-14(19)29-18(27)23-13/h7-10H,3-6H2,1-2H3,(H,21,24,25). The highest BCUT2D eigenvalue weighted by molar-refractivity contribution is 9.11. The van der Waals surface area contributed by atoms with Crippen molar-refractivity contribution in [2.24, 2.45) is 7.05 Å². The Morgan fingerprint density at radius 1 is 1.24 bits per heavy atom. The minimum atomic E-state index is 0.268. The van der Waals surface area contributed by atoms with Crippen LogP contribution in [-0.2, 0) is 20.0 Å². The van der Waals surface area contributed by atoms with E-state index >= 15 is 0 Å². The molecule has 4 aromatic heterocycles. The molecule has 4 rings (SSSR count). The molecule has 0 saturated carbocycles. The van der Waals surface area contributed by atoms with Gasteiger partial charge in [0.05, 0.1) is 22.3 Å². The quantitative estimate of drug-likeness (QED) is 0.290. The Hall–Kier alpha value is -2.17. The lowest BCUT2D eigenvalue weighted by Gasteiger charge is -2.11. The first kappa shape index (κ1) is 20.1. The van der Waals surface area contributed by atoms with Crippen LogP contribution in [0, 0.1) is 6.92 Å². The number of imidazole rings is 1. The molecule has 0 aromatic carbocycles. The summed E-state index contributed by atoms with van der Waals surface area (Å²) in [7, 11) is 1.88. The third kappa shape index (κ3) is 4.88. The molecule has 4 aromatic rings. The number of aryl methyl sites for hydroxylation is 2. The summed E-state index contributed by atoms with van der Waals surface area (Å²) in [6.45, 7) is 2.95. The SMILES string of the molecule is Cc1c(Cl)nc(OCCCc2cn3cc(Br)sc3n2)nc1NCc1cnn(C)c1. The number of nitrogens with one attached hydrogen (secondary N) is 1. The van der Waals surface area contributed by atoms with E-state index in [-0.39, 0.29) is 6.01 Å². The third-order valence-corrected chi connectivity index (χ3v) is 6.11.